The minimum absolute atomic E-state index is 0.0360. The number of likely N-dealkylation sites (N-methyl/N-ethyl adjacent to an activating group) is 1. The van der Waals surface area contributed by atoms with Gasteiger partial charge >= 0.3 is 0 Å². The van der Waals surface area contributed by atoms with E-state index in [1.165, 1.54) is 26.4 Å². The lowest BCUT2D eigenvalue weighted by Gasteiger charge is -2.24. The number of ether oxygens (including phenoxy) is 1. The van der Waals surface area contributed by atoms with E-state index in [2.05, 4.69) is 0 Å². The monoisotopic (exact) mass is 311 g/mol. The quantitative estimate of drug-likeness (QED) is 0.777. The fraction of sp³-hybridized carbons (Fsp3) is 0.562. The fourth-order valence-corrected chi connectivity index (χ4v) is 2.90. The number of carbonyl (C=O) groups is 1. The first-order valence-electron chi connectivity index (χ1n) is 7.34. The Bertz CT molecular complexity index is 486. The molecule has 0 radical (unpaired) electrons. The predicted molar refractivity (Wildman–Crippen MR) is 82.6 cm³/mol. The molecule has 0 aromatic heterocycles. The van der Waals surface area contributed by atoms with Gasteiger partial charge in [0.15, 0.2) is 6.61 Å². The Labute approximate surface area is 130 Å². The summed E-state index contributed by atoms with van der Waals surface area (Å²) in [5.74, 6) is 1.01. The molecule has 1 aliphatic carbocycles. The summed E-state index contributed by atoms with van der Waals surface area (Å²) in [6, 6.07) is 5.62. The molecular formula is C16H22ClNO3. The summed E-state index contributed by atoms with van der Waals surface area (Å²) in [5, 5.41) is 1.87. The zero-order valence-electron chi connectivity index (χ0n) is 12.6. The van der Waals surface area contributed by atoms with Gasteiger partial charge < -0.3 is 4.74 Å². The molecule has 0 atom stereocenters. The smallest absolute Gasteiger partial charge is 0.283 e. The van der Waals surface area contributed by atoms with Crippen molar-refractivity contribution in [2.45, 2.75) is 38.0 Å². The normalized spacial score (nSPS) is 15.8. The van der Waals surface area contributed by atoms with Crippen molar-refractivity contribution in [3.63, 3.8) is 0 Å². The second-order valence-electron chi connectivity index (χ2n) is 5.38. The van der Waals surface area contributed by atoms with Gasteiger partial charge in [0.1, 0.15) is 5.75 Å². The lowest BCUT2D eigenvalue weighted by atomic mass is 9.84. The van der Waals surface area contributed by atoms with E-state index < -0.39 is 0 Å². The molecule has 0 aliphatic heterocycles. The maximum absolute atomic E-state index is 11.8. The highest BCUT2D eigenvalue weighted by molar-refractivity contribution is 6.30. The Balaban J connectivity index is 2.09. The molecule has 1 aliphatic rings. The molecule has 2 rings (SSSR count). The van der Waals surface area contributed by atoms with E-state index in [-0.39, 0.29) is 12.5 Å². The van der Waals surface area contributed by atoms with Crippen LogP contribution < -0.4 is 4.74 Å². The standard InChI is InChI=1S/C16H22ClNO3/c1-18(20-2)16(19)11-21-15-9-8-13(17)10-14(15)12-6-4-3-5-7-12/h8-10,12H,3-7,11H2,1-2H3. The SMILES string of the molecule is CON(C)C(=O)COc1ccc(Cl)cc1C1CCCCC1. The lowest BCUT2D eigenvalue weighted by molar-refractivity contribution is -0.170. The molecule has 21 heavy (non-hydrogen) atoms. The van der Waals surface area contributed by atoms with Crippen LogP contribution in [0, 0.1) is 0 Å². The van der Waals surface area contributed by atoms with Crippen LogP contribution in [-0.2, 0) is 9.63 Å². The number of hydrogen-bond acceptors (Lipinski definition) is 3. The van der Waals surface area contributed by atoms with Crippen LogP contribution in [0.4, 0.5) is 0 Å². The van der Waals surface area contributed by atoms with Gasteiger partial charge in [0.05, 0.1) is 7.11 Å². The van der Waals surface area contributed by atoms with E-state index >= 15 is 0 Å². The molecule has 116 valence electrons. The van der Waals surface area contributed by atoms with Crippen molar-refractivity contribution in [1.82, 2.24) is 5.06 Å². The van der Waals surface area contributed by atoms with Gasteiger partial charge in [-0.2, -0.15) is 0 Å². The van der Waals surface area contributed by atoms with Crippen molar-refractivity contribution in [3.05, 3.63) is 28.8 Å². The molecule has 0 bridgehead atoms. The second-order valence-corrected chi connectivity index (χ2v) is 5.82. The lowest BCUT2D eigenvalue weighted by Crippen LogP contribution is -2.30. The van der Waals surface area contributed by atoms with Crippen LogP contribution in [0.25, 0.3) is 0 Å². The highest BCUT2D eigenvalue weighted by Gasteiger charge is 2.20. The van der Waals surface area contributed by atoms with Gasteiger partial charge in [-0.25, -0.2) is 5.06 Å². The molecule has 1 amide bonds. The van der Waals surface area contributed by atoms with Gasteiger partial charge in [-0.3, -0.25) is 9.63 Å². The van der Waals surface area contributed by atoms with Crippen LogP contribution in [0.2, 0.25) is 5.02 Å². The van der Waals surface area contributed by atoms with Gasteiger partial charge in [0.2, 0.25) is 0 Å². The second kappa shape index (κ2) is 7.66. The van der Waals surface area contributed by atoms with Crippen molar-refractivity contribution in [3.8, 4) is 5.75 Å². The Morgan fingerprint density at radius 1 is 1.33 bits per heavy atom. The van der Waals surface area contributed by atoms with Crippen LogP contribution in [0.5, 0.6) is 5.75 Å². The number of amides is 1. The maximum atomic E-state index is 11.8. The molecule has 1 saturated carbocycles. The third-order valence-corrected chi connectivity index (χ3v) is 4.23. The number of halogens is 1. The number of nitrogens with zero attached hydrogens (tertiary/aromatic N) is 1. The van der Waals surface area contributed by atoms with Gasteiger partial charge in [-0.05, 0) is 42.5 Å². The molecule has 0 saturated heterocycles. The fourth-order valence-electron chi connectivity index (χ4n) is 2.72. The number of hydrogen-bond donors (Lipinski definition) is 0. The zero-order valence-corrected chi connectivity index (χ0v) is 13.4. The Morgan fingerprint density at radius 3 is 2.71 bits per heavy atom. The van der Waals surface area contributed by atoms with Crippen LogP contribution in [-0.4, -0.2) is 31.7 Å². The molecule has 1 fully saturated rings. The van der Waals surface area contributed by atoms with Gasteiger partial charge in [-0.15, -0.1) is 0 Å². The molecule has 4 nitrogen and oxygen atoms in total. The summed E-state index contributed by atoms with van der Waals surface area (Å²) >= 11 is 6.12. The summed E-state index contributed by atoms with van der Waals surface area (Å²) in [7, 11) is 3.02. The van der Waals surface area contributed by atoms with Crippen molar-refractivity contribution in [1.29, 1.82) is 0 Å². The molecule has 0 unspecified atom stereocenters. The van der Waals surface area contributed by atoms with E-state index in [1.807, 2.05) is 12.1 Å². The molecular weight excluding hydrogens is 290 g/mol. The van der Waals surface area contributed by atoms with Crippen LogP contribution >= 0.6 is 11.6 Å². The van der Waals surface area contributed by atoms with Crippen molar-refractivity contribution < 1.29 is 14.4 Å². The molecule has 0 N–H and O–H groups in total. The average molecular weight is 312 g/mol. The minimum atomic E-state index is -0.220. The molecule has 5 heteroatoms. The third-order valence-electron chi connectivity index (χ3n) is 3.99. The van der Waals surface area contributed by atoms with Crippen molar-refractivity contribution >= 4 is 17.5 Å². The van der Waals surface area contributed by atoms with E-state index in [4.69, 9.17) is 21.2 Å². The van der Waals surface area contributed by atoms with Crippen LogP contribution in [0.15, 0.2) is 18.2 Å². The predicted octanol–water partition coefficient (Wildman–Crippen LogP) is 3.79. The third kappa shape index (κ3) is 4.35. The van der Waals surface area contributed by atoms with E-state index in [9.17, 15) is 4.79 Å². The molecule has 0 spiro atoms. The Morgan fingerprint density at radius 2 is 2.05 bits per heavy atom. The first kappa shape index (κ1) is 16.1. The first-order chi connectivity index (χ1) is 10.1. The van der Waals surface area contributed by atoms with Gasteiger partial charge in [0, 0.05) is 12.1 Å². The number of rotatable bonds is 5. The summed E-state index contributed by atoms with van der Waals surface area (Å²) in [5.41, 5.74) is 1.12. The van der Waals surface area contributed by atoms with E-state index in [1.54, 1.807) is 13.1 Å². The maximum Gasteiger partial charge on any atom is 0.283 e. The topological polar surface area (TPSA) is 38.8 Å². The van der Waals surface area contributed by atoms with E-state index in [0.29, 0.717) is 10.9 Å². The van der Waals surface area contributed by atoms with E-state index in [0.717, 1.165) is 29.2 Å². The summed E-state index contributed by atoms with van der Waals surface area (Å²) in [6.07, 6.45) is 6.08. The van der Waals surface area contributed by atoms with Crippen LogP contribution in [0.3, 0.4) is 0 Å². The van der Waals surface area contributed by atoms with Crippen LogP contribution in [0.1, 0.15) is 43.6 Å². The molecule has 1 aromatic rings. The van der Waals surface area contributed by atoms with Crippen molar-refractivity contribution in [2.75, 3.05) is 20.8 Å². The molecule has 1 aromatic carbocycles. The largest absolute Gasteiger partial charge is 0.483 e. The number of hydroxylamine groups is 2. The summed E-state index contributed by atoms with van der Waals surface area (Å²) in [4.78, 5) is 16.6. The number of benzene rings is 1. The highest BCUT2D eigenvalue weighted by Crippen LogP contribution is 2.38. The Hall–Kier alpha value is -1.26. The minimum Gasteiger partial charge on any atom is -0.483 e. The van der Waals surface area contributed by atoms with Gasteiger partial charge in [-0.1, -0.05) is 30.9 Å². The molecule has 0 heterocycles. The average Bonchev–Trinajstić information content (AvgIpc) is 2.53. The summed E-state index contributed by atoms with van der Waals surface area (Å²) < 4.78 is 5.70. The van der Waals surface area contributed by atoms with Gasteiger partial charge in [0.25, 0.3) is 5.91 Å². The number of carbonyl (C=O) groups excluding carboxylic acids is 1. The highest BCUT2D eigenvalue weighted by atomic mass is 35.5. The summed E-state index contributed by atoms with van der Waals surface area (Å²) in [6.45, 7) is -0.0360. The first-order valence-corrected chi connectivity index (χ1v) is 7.72. The zero-order chi connectivity index (χ0) is 15.2. The Kier molecular flexibility index (Phi) is 5.88. The van der Waals surface area contributed by atoms with Crippen molar-refractivity contribution in [2.24, 2.45) is 0 Å².